The van der Waals surface area contributed by atoms with Gasteiger partial charge in [-0.15, -0.1) is 0 Å². The molecule has 0 aliphatic heterocycles. The second kappa shape index (κ2) is 7.46. The third kappa shape index (κ3) is 11.3. The summed E-state index contributed by atoms with van der Waals surface area (Å²) in [7, 11) is 0. The van der Waals surface area contributed by atoms with Gasteiger partial charge in [0.25, 0.3) is 0 Å². The number of hydrogen-bond acceptors (Lipinski definition) is 4. The Morgan fingerprint density at radius 1 is 1.25 bits per heavy atom. The molecule has 2 N–H and O–H groups in total. The predicted molar refractivity (Wildman–Crippen MR) is 63.0 cm³/mol. The van der Waals surface area contributed by atoms with E-state index in [9.17, 15) is 4.79 Å². The summed E-state index contributed by atoms with van der Waals surface area (Å²) >= 11 is 0. The molecule has 0 aromatic carbocycles. The first-order chi connectivity index (χ1) is 7.31. The summed E-state index contributed by atoms with van der Waals surface area (Å²) in [4.78, 5) is 16.3. The molecule has 0 aliphatic rings. The van der Waals surface area contributed by atoms with E-state index in [0.717, 1.165) is 0 Å². The molecule has 0 bridgehead atoms. The van der Waals surface area contributed by atoms with Crippen LogP contribution in [0.2, 0.25) is 0 Å². The Kier molecular flexibility index (Phi) is 7.08. The van der Waals surface area contributed by atoms with E-state index >= 15 is 0 Å². The molecule has 5 nitrogen and oxygen atoms in total. The van der Waals surface area contributed by atoms with Crippen LogP contribution < -0.4 is 10.8 Å². The SMILES string of the molecule is CC(C)CONCCNC(=O)OC(C)(C)C. The lowest BCUT2D eigenvalue weighted by Gasteiger charge is -2.19. The number of amides is 1. The Labute approximate surface area is 97.8 Å². The minimum absolute atomic E-state index is 0.404. The predicted octanol–water partition coefficient (Wildman–Crippen LogP) is 1.69. The van der Waals surface area contributed by atoms with E-state index in [1.54, 1.807) is 0 Å². The average molecular weight is 232 g/mol. The summed E-state index contributed by atoms with van der Waals surface area (Å²) in [5.41, 5.74) is 2.31. The second-order valence-corrected chi connectivity index (χ2v) is 5.03. The number of carbonyl (C=O) groups excluding carboxylic acids is 1. The maximum atomic E-state index is 11.2. The van der Waals surface area contributed by atoms with Gasteiger partial charge in [-0.1, -0.05) is 13.8 Å². The van der Waals surface area contributed by atoms with Crippen molar-refractivity contribution < 1.29 is 14.4 Å². The van der Waals surface area contributed by atoms with Crippen molar-refractivity contribution in [1.82, 2.24) is 10.8 Å². The van der Waals surface area contributed by atoms with Crippen LogP contribution in [0, 0.1) is 5.92 Å². The highest BCUT2D eigenvalue weighted by atomic mass is 16.6. The molecule has 0 saturated heterocycles. The zero-order valence-electron chi connectivity index (χ0n) is 10.9. The first-order valence-electron chi connectivity index (χ1n) is 5.63. The van der Waals surface area contributed by atoms with Gasteiger partial charge in [0.2, 0.25) is 0 Å². The molecule has 0 fully saturated rings. The number of ether oxygens (including phenoxy) is 1. The van der Waals surface area contributed by atoms with Crippen molar-refractivity contribution in [1.29, 1.82) is 0 Å². The van der Waals surface area contributed by atoms with E-state index in [1.165, 1.54) is 0 Å². The highest BCUT2D eigenvalue weighted by Gasteiger charge is 2.15. The third-order valence-electron chi connectivity index (χ3n) is 1.41. The fraction of sp³-hybridized carbons (Fsp3) is 0.909. The number of nitrogens with one attached hydrogen (secondary N) is 2. The molecule has 0 aliphatic carbocycles. The van der Waals surface area contributed by atoms with Gasteiger partial charge in [-0.25, -0.2) is 10.3 Å². The molecule has 0 aromatic heterocycles. The van der Waals surface area contributed by atoms with E-state index in [4.69, 9.17) is 9.57 Å². The largest absolute Gasteiger partial charge is 0.444 e. The molecule has 0 saturated carbocycles. The summed E-state index contributed by atoms with van der Waals surface area (Å²) in [5.74, 6) is 0.492. The second-order valence-electron chi connectivity index (χ2n) is 5.03. The fourth-order valence-electron chi connectivity index (χ4n) is 0.828. The van der Waals surface area contributed by atoms with Crippen molar-refractivity contribution in [2.45, 2.75) is 40.2 Å². The van der Waals surface area contributed by atoms with Crippen LogP contribution in [0.15, 0.2) is 0 Å². The molecule has 0 aromatic rings. The van der Waals surface area contributed by atoms with Gasteiger partial charge >= 0.3 is 6.09 Å². The van der Waals surface area contributed by atoms with Crippen LogP contribution >= 0.6 is 0 Å². The highest BCUT2D eigenvalue weighted by Crippen LogP contribution is 2.05. The summed E-state index contributed by atoms with van der Waals surface area (Å²) in [6, 6.07) is 0. The van der Waals surface area contributed by atoms with Crippen LogP contribution in [0.1, 0.15) is 34.6 Å². The zero-order valence-corrected chi connectivity index (χ0v) is 10.9. The number of carbonyl (C=O) groups is 1. The van der Waals surface area contributed by atoms with Gasteiger partial charge in [0.1, 0.15) is 5.60 Å². The van der Waals surface area contributed by atoms with E-state index in [2.05, 4.69) is 24.6 Å². The van der Waals surface area contributed by atoms with Crippen LogP contribution in [-0.4, -0.2) is 31.4 Å². The van der Waals surface area contributed by atoms with Crippen molar-refractivity contribution in [2.75, 3.05) is 19.7 Å². The van der Waals surface area contributed by atoms with Crippen LogP contribution in [0.3, 0.4) is 0 Å². The summed E-state index contributed by atoms with van der Waals surface area (Å²) < 4.78 is 5.06. The molecule has 0 rings (SSSR count). The number of rotatable bonds is 6. The molecule has 1 amide bonds. The monoisotopic (exact) mass is 232 g/mol. The van der Waals surface area contributed by atoms with Crippen molar-refractivity contribution in [3.05, 3.63) is 0 Å². The Hall–Kier alpha value is -0.810. The van der Waals surface area contributed by atoms with Crippen LogP contribution in [-0.2, 0) is 9.57 Å². The van der Waals surface area contributed by atoms with Gasteiger partial charge < -0.3 is 14.9 Å². The number of hydrogen-bond donors (Lipinski definition) is 2. The van der Waals surface area contributed by atoms with Crippen molar-refractivity contribution in [3.8, 4) is 0 Å². The standard InChI is InChI=1S/C11H24N2O3/c1-9(2)8-15-13-7-6-12-10(14)16-11(3,4)5/h9,13H,6-8H2,1-5H3,(H,12,14). The quantitative estimate of drug-likeness (QED) is 0.540. The van der Waals surface area contributed by atoms with Crippen molar-refractivity contribution in [2.24, 2.45) is 5.92 Å². The summed E-state index contributed by atoms with van der Waals surface area (Å²) in [6.07, 6.45) is -0.404. The van der Waals surface area contributed by atoms with Gasteiger partial charge in [-0.2, -0.15) is 0 Å². The number of alkyl carbamates (subject to hydrolysis) is 1. The third-order valence-corrected chi connectivity index (χ3v) is 1.41. The molecule has 16 heavy (non-hydrogen) atoms. The van der Waals surface area contributed by atoms with E-state index in [0.29, 0.717) is 25.6 Å². The minimum atomic E-state index is -0.453. The van der Waals surface area contributed by atoms with Crippen LogP contribution in [0.5, 0.6) is 0 Å². The van der Waals surface area contributed by atoms with Gasteiger partial charge in [-0.05, 0) is 26.7 Å². The minimum Gasteiger partial charge on any atom is -0.444 e. The Morgan fingerprint density at radius 3 is 2.38 bits per heavy atom. The topological polar surface area (TPSA) is 59.6 Å². The van der Waals surface area contributed by atoms with Gasteiger partial charge in [0.05, 0.1) is 6.61 Å². The van der Waals surface area contributed by atoms with Gasteiger partial charge in [-0.3, -0.25) is 0 Å². The van der Waals surface area contributed by atoms with E-state index < -0.39 is 11.7 Å². The highest BCUT2D eigenvalue weighted by molar-refractivity contribution is 5.67. The molecular weight excluding hydrogens is 208 g/mol. The van der Waals surface area contributed by atoms with Crippen molar-refractivity contribution in [3.63, 3.8) is 0 Å². The average Bonchev–Trinajstić information content (AvgIpc) is 2.07. The summed E-state index contributed by atoms with van der Waals surface area (Å²) in [5, 5.41) is 2.62. The van der Waals surface area contributed by atoms with Gasteiger partial charge in [0.15, 0.2) is 0 Å². The molecule has 5 heteroatoms. The Balaban J connectivity index is 3.35. The first kappa shape index (κ1) is 15.2. The molecule has 0 unspecified atom stereocenters. The van der Waals surface area contributed by atoms with E-state index in [1.807, 2.05) is 20.8 Å². The molecule has 0 heterocycles. The lowest BCUT2D eigenvalue weighted by molar-refractivity contribution is 0.0228. The molecule has 96 valence electrons. The lowest BCUT2D eigenvalue weighted by atomic mass is 10.2. The summed E-state index contributed by atoms with van der Waals surface area (Å²) in [6.45, 7) is 11.3. The maximum Gasteiger partial charge on any atom is 0.407 e. The first-order valence-corrected chi connectivity index (χ1v) is 5.63. The molecule has 0 spiro atoms. The fourth-order valence-corrected chi connectivity index (χ4v) is 0.828. The molecular formula is C11H24N2O3. The maximum absolute atomic E-state index is 11.2. The van der Waals surface area contributed by atoms with E-state index in [-0.39, 0.29) is 0 Å². The zero-order chi connectivity index (χ0) is 12.6. The smallest absolute Gasteiger partial charge is 0.407 e. The number of hydroxylamine groups is 1. The molecule has 0 radical (unpaired) electrons. The van der Waals surface area contributed by atoms with Gasteiger partial charge in [0, 0.05) is 13.1 Å². The van der Waals surface area contributed by atoms with Crippen LogP contribution in [0.25, 0.3) is 0 Å². The Morgan fingerprint density at radius 2 is 1.88 bits per heavy atom. The van der Waals surface area contributed by atoms with Crippen LogP contribution in [0.4, 0.5) is 4.79 Å². The lowest BCUT2D eigenvalue weighted by Crippen LogP contribution is -2.36. The van der Waals surface area contributed by atoms with Crippen molar-refractivity contribution >= 4 is 6.09 Å². The normalized spacial score (nSPS) is 11.6. The Bertz CT molecular complexity index is 200. The molecule has 0 atom stereocenters.